The highest BCUT2D eigenvalue weighted by Crippen LogP contribution is 2.19. The third-order valence-corrected chi connectivity index (χ3v) is 2.94. The van der Waals surface area contributed by atoms with Crippen LogP contribution in [0.15, 0.2) is 28.8 Å². The Hall–Kier alpha value is -2.06. The number of hydrogen-bond donors (Lipinski definition) is 2. The summed E-state index contributed by atoms with van der Waals surface area (Å²) in [6.45, 7) is 0. The molecule has 0 aliphatic heterocycles. The van der Waals surface area contributed by atoms with Crippen molar-refractivity contribution in [3.05, 3.63) is 34.9 Å². The van der Waals surface area contributed by atoms with Gasteiger partial charge in [0.05, 0.1) is 23.4 Å². The van der Waals surface area contributed by atoms with Crippen molar-refractivity contribution in [1.29, 1.82) is 0 Å². The number of nitrogens with one attached hydrogen (secondary N) is 2. The van der Waals surface area contributed by atoms with Gasteiger partial charge in [0.25, 0.3) is 10.7 Å². The molecule has 0 bridgehead atoms. The Bertz CT molecular complexity index is 760. The molecule has 18 heavy (non-hydrogen) atoms. The highest BCUT2D eigenvalue weighted by Gasteiger charge is 2.09. The fourth-order valence-corrected chi connectivity index (χ4v) is 2.09. The summed E-state index contributed by atoms with van der Waals surface area (Å²) in [5.74, 6) is -0.308. The number of rotatable bonds is 2. The number of hydrogen-bond acceptors (Lipinski definition) is 6. The Balaban J connectivity index is 1.91. The molecule has 2 heterocycles. The molecule has 2 aromatic heterocycles. The molecule has 6 nitrogen and oxygen atoms in total. The average molecular weight is 278 g/mol. The van der Waals surface area contributed by atoms with Crippen LogP contribution in [0.25, 0.3) is 11.1 Å². The van der Waals surface area contributed by atoms with Crippen molar-refractivity contribution in [2.75, 3.05) is 5.32 Å². The minimum absolute atomic E-state index is 0.287. The Morgan fingerprint density at radius 1 is 1.50 bits per heavy atom. The van der Waals surface area contributed by atoms with Crippen molar-refractivity contribution < 1.29 is 9.21 Å². The number of benzene rings is 1. The van der Waals surface area contributed by atoms with Crippen LogP contribution in [-0.4, -0.2) is 19.6 Å². The zero-order valence-electron chi connectivity index (χ0n) is 8.84. The quantitative estimate of drug-likeness (QED) is 0.704. The maximum atomic E-state index is 11.8. The fraction of sp³-hybridized carbons (Fsp3) is 0. The number of anilines is 1. The molecule has 8 heteroatoms. The number of fused-ring (bicyclic) bond motifs is 1. The van der Waals surface area contributed by atoms with Crippen LogP contribution in [0.4, 0.5) is 5.69 Å². The Morgan fingerprint density at radius 2 is 2.39 bits per heavy atom. The van der Waals surface area contributed by atoms with E-state index in [1.165, 1.54) is 6.20 Å². The van der Waals surface area contributed by atoms with Crippen molar-refractivity contribution in [1.82, 2.24) is 13.7 Å². The zero-order valence-corrected chi connectivity index (χ0v) is 10.5. The summed E-state index contributed by atoms with van der Waals surface area (Å²) in [7, 11) is 0. The second-order valence-electron chi connectivity index (χ2n) is 3.47. The maximum absolute atomic E-state index is 11.8. The summed E-state index contributed by atoms with van der Waals surface area (Å²) in [4.78, 5) is 14.9. The number of carbonyl (C=O) groups is 1. The number of amides is 1. The Labute approximate surface area is 110 Å². The lowest BCUT2D eigenvalue weighted by Gasteiger charge is -2.01. The molecule has 0 fully saturated rings. The number of aromatic amines is 1. The lowest BCUT2D eigenvalue weighted by molar-refractivity contribution is 0.102. The smallest absolute Gasteiger partial charge is 0.277 e. The lowest BCUT2D eigenvalue weighted by Crippen LogP contribution is -2.11. The third-order valence-electron chi connectivity index (χ3n) is 2.27. The first-order valence-corrected chi connectivity index (χ1v) is 6.08. The van der Waals surface area contributed by atoms with Gasteiger partial charge in [0, 0.05) is 11.8 Å². The van der Waals surface area contributed by atoms with Crippen LogP contribution < -0.4 is 5.32 Å². The number of aromatic nitrogens is 3. The normalized spacial score (nSPS) is 10.7. The van der Waals surface area contributed by atoms with Crippen LogP contribution in [-0.2, 0) is 0 Å². The molecule has 0 saturated heterocycles. The number of H-pyrrole nitrogens is 1. The molecule has 1 aromatic carbocycles. The van der Waals surface area contributed by atoms with E-state index in [0.29, 0.717) is 16.1 Å². The van der Waals surface area contributed by atoms with Gasteiger partial charge in [-0.3, -0.25) is 4.79 Å². The van der Waals surface area contributed by atoms with E-state index in [1.54, 1.807) is 18.2 Å². The van der Waals surface area contributed by atoms with E-state index in [-0.39, 0.29) is 11.6 Å². The van der Waals surface area contributed by atoms with Crippen LogP contribution in [0.5, 0.6) is 0 Å². The van der Waals surface area contributed by atoms with Gasteiger partial charge >= 0.3 is 0 Å². The minimum Gasteiger partial charge on any atom is -0.429 e. The molecular weight excluding hydrogens is 272 g/mol. The van der Waals surface area contributed by atoms with E-state index in [1.807, 2.05) is 0 Å². The summed E-state index contributed by atoms with van der Waals surface area (Å²) in [5, 5.41) is 2.70. The number of nitrogens with zero attached hydrogens (tertiary/aromatic N) is 2. The highest BCUT2D eigenvalue weighted by molar-refractivity contribution is 7.71. The first-order valence-electron chi connectivity index (χ1n) is 4.94. The lowest BCUT2D eigenvalue weighted by atomic mass is 10.3. The van der Waals surface area contributed by atoms with Crippen LogP contribution in [0.2, 0.25) is 0 Å². The molecule has 3 aromatic rings. The first-order chi connectivity index (χ1) is 8.72. The summed E-state index contributed by atoms with van der Waals surface area (Å²) in [6, 6.07) is 5.23. The molecule has 0 spiro atoms. The van der Waals surface area contributed by atoms with Gasteiger partial charge in [-0.25, -0.2) is 0 Å². The predicted molar refractivity (Wildman–Crippen MR) is 69.3 cm³/mol. The van der Waals surface area contributed by atoms with E-state index in [4.69, 9.17) is 16.6 Å². The Kier molecular flexibility index (Phi) is 2.65. The second kappa shape index (κ2) is 4.31. The molecule has 1 amide bonds. The van der Waals surface area contributed by atoms with E-state index in [2.05, 4.69) is 19.0 Å². The molecular formula is C10H6N4O2S2. The van der Waals surface area contributed by atoms with Crippen molar-refractivity contribution >= 4 is 46.6 Å². The van der Waals surface area contributed by atoms with Gasteiger partial charge in [0.2, 0.25) is 0 Å². The SMILES string of the molecule is O=C(Nc1ccc2[nH]c(=S)oc2c1)c1cnsn1. The van der Waals surface area contributed by atoms with Gasteiger partial charge in [0.1, 0.15) is 0 Å². The van der Waals surface area contributed by atoms with Gasteiger partial charge in [-0.05, 0) is 24.4 Å². The summed E-state index contributed by atoms with van der Waals surface area (Å²) in [5.41, 5.74) is 2.27. The molecule has 0 saturated carbocycles. The van der Waals surface area contributed by atoms with E-state index in [0.717, 1.165) is 17.2 Å². The standard InChI is InChI=1S/C10H6N4O2S2/c15-9(7-4-11-18-14-7)12-5-1-2-6-8(3-5)16-10(17)13-6/h1-4H,(H,12,15)(H,13,17). The van der Waals surface area contributed by atoms with Gasteiger partial charge < -0.3 is 14.7 Å². The Morgan fingerprint density at radius 3 is 3.17 bits per heavy atom. The highest BCUT2D eigenvalue weighted by atomic mass is 32.1. The van der Waals surface area contributed by atoms with Crippen molar-refractivity contribution in [2.24, 2.45) is 0 Å². The zero-order chi connectivity index (χ0) is 12.5. The first kappa shape index (κ1) is 11.1. The molecule has 2 N–H and O–H groups in total. The minimum atomic E-state index is -0.308. The molecule has 0 unspecified atom stereocenters. The van der Waals surface area contributed by atoms with Gasteiger partial charge in [-0.15, -0.1) is 0 Å². The largest absolute Gasteiger partial charge is 0.429 e. The van der Waals surface area contributed by atoms with Crippen molar-refractivity contribution in [2.45, 2.75) is 0 Å². The molecule has 0 radical (unpaired) electrons. The van der Waals surface area contributed by atoms with E-state index < -0.39 is 0 Å². The van der Waals surface area contributed by atoms with Crippen LogP contribution in [0.1, 0.15) is 10.5 Å². The van der Waals surface area contributed by atoms with Crippen molar-refractivity contribution in [3.8, 4) is 0 Å². The topological polar surface area (TPSA) is 83.8 Å². The average Bonchev–Trinajstić information content (AvgIpc) is 2.95. The van der Waals surface area contributed by atoms with Gasteiger partial charge in [0.15, 0.2) is 11.3 Å². The molecule has 90 valence electrons. The molecule has 0 aliphatic carbocycles. The second-order valence-corrected chi connectivity index (χ2v) is 4.40. The number of carbonyl (C=O) groups excluding carboxylic acids is 1. The molecule has 3 rings (SSSR count). The van der Waals surface area contributed by atoms with Crippen LogP contribution in [0.3, 0.4) is 0 Å². The van der Waals surface area contributed by atoms with E-state index in [9.17, 15) is 4.79 Å². The van der Waals surface area contributed by atoms with E-state index >= 15 is 0 Å². The van der Waals surface area contributed by atoms with Crippen molar-refractivity contribution in [3.63, 3.8) is 0 Å². The third kappa shape index (κ3) is 2.03. The monoisotopic (exact) mass is 278 g/mol. The summed E-state index contributed by atoms with van der Waals surface area (Å²) < 4.78 is 12.9. The summed E-state index contributed by atoms with van der Waals surface area (Å²) in [6.07, 6.45) is 1.42. The van der Waals surface area contributed by atoms with Gasteiger partial charge in [-0.1, -0.05) is 0 Å². The number of oxazole rings is 1. The molecule has 0 atom stereocenters. The summed E-state index contributed by atoms with van der Waals surface area (Å²) >= 11 is 5.87. The fourth-order valence-electron chi connectivity index (χ4n) is 1.48. The van der Waals surface area contributed by atoms with Gasteiger partial charge in [-0.2, -0.15) is 8.75 Å². The maximum Gasteiger partial charge on any atom is 0.277 e. The van der Waals surface area contributed by atoms with Crippen LogP contribution in [0, 0.1) is 4.84 Å². The van der Waals surface area contributed by atoms with Crippen LogP contribution >= 0.6 is 23.9 Å². The molecule has 0 aliphatic rings. The predicted octanol–water partition coefficient (Wildman–Crippen LogP) is 2.59.